The molecule has 20 heavy (non-hydrogen) atoms. The van der Waals surface area contributed by atoms with Crippen LogP contribution < -0.4 is 5.32 Å². The zero-order valence-corrected chi connectivity index (χ0v) is 11.9. The van der Waals surface area contributed by atoms with Gasteiger partial charge in [-0.05, 0) is 35.1 Å². The van der Waals surface area contributed by atoms with Gasteiger partial charge in [-0.25, -0.2) is 0 Å². The maximum absolute atomic E-state index is 5.20. The van der Waals surface area contributed by atoms with Gasteiger partial charge in [-0.3, -0.25) is 0 Å². The molecule has 0 radical (unpaired) electrons. The van der Waals surface area contributed by atoms with Gasteiger partial charge < -0.3 is 10.1 Å². The van der Waals surface area contributed by atoms with Crippen molar-refractivity contribution in [2.75, 3.05) is 7.11 Å². The molecule has 2 heteroatoms. The number of rotatable bonds is 4. The lowest BCUT2D eigenvalue weighted by Crippen LogP contribution is -2.37. The molecule has 1 N–H and O–H groups in total. The smallest absolute Gasteiger partial charge is 0.0713 e. The van der Waals surface area contributed by atoms with Crippen LogP contribution in [-0.4, -0.2) is 13.2 Å². The Bertz CT molecular complexity index is 565. The molecule has 104 valence electrons. The predicted molar refractivity (Wildman–Crippen MR) is 81.6 cm³/mol. The third-order valence-corrected chi connectivity index (χ3v) is 3.95. The molecule has 0 spiro atoms. The van der Waals surface area contributed by atoms with Crippen molar-refractivity contribution in [3.8, 4) is 0 Å². The van der Waals surface area contributed by atoms with E-state index in [1.807, 2.05) is 0 Å². The number of fused-ring (bicyclic) bond motifs is 1. The Hall–Kier alpha value is -1.64. The number of nitrogens with one attached hydrogen (secondary N) is 1. The van der Waals surface area contributed by atoms with E-state index in [1.54, 1.807) is 7.11 Å². The molecule has 3 rings (SSSR count). The van der Waals surface area contributed by atoms with Crippen LogP contribution in [0.15, 0.2) is 48.5 Å². The van der Waals surface area contributed by atoms with Gasteiger partial charge in [0.05, 0.1) is 6.61 Å². The first kappa shape index (κ1) is 13.3. The van der Waals surface area contributed by atoms with Gasteiger partial charge >= 0.3 is 0 Å². The minimum absolute atomic E-state index is 0.540. The summed E-state index contributed by atoms with van der Waals surface area (Å²) < 4.78 is 5.20. The molecule has 2 aromatic carbocycles. The quantitative estimate of drug-likeness (QED) is 0.919. The second kappa shape index (κ2) is 6.21. The third-order valence-electron chi connectivity index (χ3n) is 3.95. The fourth-order valence-corrected chi connectivity index (χ4v) is 2.93. The second-order valence-electron chi connectivity index (χ2n) is 5.51. The highest BCUT2D eigenvalue weighted by atomic mass is 16.5. The van der Waals surface area contributed by atoms with Gasteiger partial charge in [0.1, 0.15) is 0 Å². The largest absolute Gasteiger partial charge is 0.380 e. The topological polar surface area (TPSA) is 21.3 Å². The maximum Gasteiger partial charge on any atom is 0.0713 e. The van der Waals surface area contributed by atoms with E-state index in [1.165, 1.54) is 22.3 Å². The highest BCUT2D eigenvalue weighted by Crippen LogP contribution is 2.20. The maximum atomic E-state index is 5.20. The van der Waals surface area contributed by atoms with Crippen molar-refractivity contribution in [1.82, 2.24) is 5.32 Å². The number of benzene rings is 2. The summed E-state index contributed by atoms with van der Waals surface area (Å²) in [5.74, 6) is 0. The zero-order valence-electron chi connectivity index (χ0n) is 11.9. The predicted octanol–water partition coefficient (Wildman–Crippen LogP) is 3.09. The van der Waals surface area contributed by atoms with Crippen molar-refractivity contribution in [3.05, 3.63) is 70.8 Å². The molecule has 1 heterocycles. The van der Waals surface area contributed by atoms with Gasteiger partial charge in [0.2, 0.25) is 0 Å². The van der Waals surface area contributed by atoms with Gasteiger partial charge in [-0.2, -0.15) is 0 Å². The molecule has 2 nitrogen and oxygen atoms in total. The summed E-state index contributed by atoms with van der Waals surface area (Å²) in [5.41, 5.74) is 5.56. The lowest BCUT2D eigenvalue weighted by atomic mass is 9.91. The summed E-state index contributed by atoms with van der Waals surface area (Å²) in [6.45, 7) is 1.66. The van der Waals surface area contributed by atoms with E-state index in [4.69, 9.17) is 4.74 Å². The molecular weight excluding hydrogens is 246 g/mol. The summed E-state index contributed by atoms with van der Waals surface area (Å²) in [7, 11) is 1.74. The Morgan fingerprint density at radius 2 is 1.90 bits per heavy atom. The lowest BCUT2D eigenvalue weighted by molar-refractivity contribution is 0.185. The fourth-order valence-electron chi connectivity index (χ4n) is 2.93. The molecule has 1 aliphatic heterocycles. The van der Waals surface area contributed by atoms with Gasteiger partial charge in [-0.1, -0.05) is 48.5 Å². The number of ether oxygens (including phenoxy) is 1. The molecule has 1 aliphatic rings. The molecule has 0 bridgehead atoms. The SMILES string of the molecule is COCc1ccc2c(c1)CNC(Cc1ccccc1)C2. The zero-order chi connectivity index (χ0) is 13.8. The van der Waals surface area contributed by atoms with Crippen LogP contribution in [0.3, 0.4) is 0 Å². The Kier molecular flexibility index (Phi) is 4.14. The van der Waals surface area contributed by atoms with Crippen molar-refractivity contribution in [2.45, 2.75) is 32.0 Å². The molecule has 0 aliphatic carbocycles. The highest BCUT2D eigenvalue weighted by Gasteiger charge is 2.18. The average Bonchev–Trinajstić information content (AvgIpc) is 2.49. The van der Waals surface area contributed by atoms with Gasteiger partial charge in [-0.15, -0.1) is 0 Å². The molecule has 0 saturated carbocycles. The first-order valence-corrected chi connectivity index (χ1v) is 7.22. The molecule has 2 aromatic rings. The lowest BCUT2D eigenvalue weighted by Gasteiger charge is -2.26. The number of hydrogen-bond acceptors (Lipinski definition) is 2. The standard InChI is InChI=1S/C18H21NO/c1-20-13-15-7-8-16-11-18(19-12-17(16)9-15)10-14-5-3-2-4-6-14/h2-9,18-19H,10-13H2,1H3. The van der Waals surface area contributed by atoms with Gasteiger partial charge in [0, 0.05) is 19.7 Å². The molecule has 1 unspecified atom stereocenters. The van der Waals surface area contributed by atoms with Crippen molar-refractivity contribution >= 4 is 0 Å². The van der Waals surface area contributed by atoms with Crippen molar-refractivity contribution < 1.29 is 4.74 Å². The average molecular weight is 267 g/mol. The monoisotopic (exact) mass is 267 g/mol. The van der Waals surface area contributed by atoms with Crippen molar-refractivity contribution in [1.29, 1.82) is 0 Å². The number of hydrogen-bond donors (Lipinski definition) is 1. The number of methoxy groups -OCH3 is 1. The van der Waals surface area contributed by atoms with Gasteiger partial charge in [0.15, 0.2) is 0 Å². The van der Waals surface area contributed by atoms with Crippen LogP contribution in [0.1, 0.15) is 22.3 Å². The summed E-state index contributed by atoms with van der Waals surface area (Å²) in [6, 6.07) is 18.0. The van der Waals surface area contributed by atoms with Crippen molar-refractivity contribution in [2.24, 2.45) is 0 Å². The first-order chi connectivity index (χ1) is 9.85. The Morgan fingerprint density at radius 3 is 2.70 bits per heavy atom. The highest BCUT2D eigenvalue weighted by molar-refractivity contribution is 5.34. The Morgan fingerprint density at radius 1 is 1.05 bits per heavy atom. The third kappa shape index (κ3) is 3.09. The molecule has 0 saturated heterocycles. The molecule has 0 amide bonds. The van der Waals surface area contributed by atoms with Crippen LogP contribution in [0.25, 0.3) is 0 Å². The minimum atomic E-state index is 0.540. The van der Waals surface area contributed by atoms with Crippen LogP contribution >= 0.6 is 0 Å². The van der Waals surface area contributed by atoms with Crippen LogP contribution in [0.4, 0.5) is 0 Å². The van der Waals surface area contributed by atoms with Gasteiger partial charge in [0.25, 0.3) is 0 Å². The Balaban J connectivity index is 1.69. The van der Waals surface area contributed by atoms with E-state index < -0.39 is 0 Å². The molecule has 1 atom stereocenters. The minimum Gasteiger partial charge on any atom is -0.380 e. The normalized spacial score (nSPS) is 17.8. The van der Waals surface area contributed by atoms with E-state index in [9.17, 15) is 0 Å². The molecule has 0 fully saturated rings. The van der Waals surface area contributed by atoms with E-state index in [2.05, 4.69) is 53.8 Å². The van der Waals surface area contributed by atoms with Crippen LogP contribution in [0.5, 0.6) is 0 Å². The first-order valence-electron chi connectivity index (χ1n) is 7.22. The van der Waals surface area contributed by atoms with E-state index in [0.29, 0.717) is 12.6 Å². The van der Waals surface area contributed by atoms with E-state index in [0.717, 1.165) is 19.4 Å². The summed E-state index contributed by atoms with van der Waals surface area (Å²) >= 11 is 0. The second-order valence-corrected chi connectivity index (χ2v) is 5.51. The summed E-state index contributed by atoms with van der Waals surface area (Å²) in [5, 5.41) is 3.65. The summed E-state index contributed by atoms with van der Waals surface area (Å²) in [4.78, 5) is 0. The van der Waals surface area contributed by atoms with Crippen LogP contribution in [0, 0.1) is 0 Å². The Labute approximate surface area is 120 Å². The van der Waals surface area contributed by atoms with E-state index in [-0.39, 0.29) is 0 Å². The molecule has 0 aromatic heterocycles. The van der Waals surface area contributed by atoms with Crippen LogP contribution in [-0.2, 0) is 30.7 Å². The van der Waals surface area contributed by atoms with Crippen LogP contribution in [0.2, 0.25) is 0 Å². The summed E-state index contributed by atoms with van der Waals surface area (Å²) in [6.07, 6.45) is 2.21. The van der Waals surface area contributed by atoms with E-state index >= 15 is 0 Å². The van der Waals surface area contributed by atoms with Crippen molar-refractivity contribution in [3.63, 3.8) is 0 Å². The fraction of sp³-hybridized carbons (Fsp3) is 0.333. The molecular formula is C18H21NO.